The van der Waals surface area contributed by atoms with Gasteiger partial charge in [0.2, 0.25) is 0 Å². The van der Waals surface area contributed by atoms with E-state index in [9.17, 15) is 0 Å². The Balaban J connectivity index is 0.00000261. The van der Waals surface area contributed by atoms with Crippen molar-refractivity contribution in [3.05, 3.63) is 78.0 Å². The number of aromatic nitrogens is 2. The predicted molar refractivity (Wildman–Crippen MR) is 118 cm³/mol. The second kappa shape index (κ2) is 11.4. The number of halogens is 1. The number of aryl methyl sites for hydroxylation is 1. The van der Waals surface area contributed by atoms with Crippen LogP contribution in [-0.2, 0) is 26.4 Å². The van der Waals surface area contributed by atoms with Gasteiger partial charge in [-0.2, -0.15) is 5.10 Å². The van der Waals surface area contributed by atoms with Crippen molar-refractivity contribution in [2.75, 3.05) is 13.1 Å². The summed E-state index contributed by atoms with van der Waals surface area (Å²) in [5, 5.41) is 11.0. The molecule has 3 aromatic rings. The molecule has 144 valence electrons. The fourth-order valence-corrected chi connectivity index (χ4v) is 2.64. The largest absolute Gasteiger partial charge is 0.469 e. The van der Waals surface area contributed by atoms with Gasteiger partial charge in [0, 0.05) is 44.9 Å². The summed E-state index contributed by atoms with van der Waals surface area (Å²) in [5.74, 6) is 1.78. The zero-order valence-electron chi connectivity index (χ0n) is 15.5. The Morgan fingerprint density at radius 2 is 1.81 bits per heavy atom. The smallest absolute Gasteiger partial charge is 0.191 e. The fourth-order valence-electron chi connectivity index (χ4n) is 2.64. The maximum absolute atomic E-state index is 5.38. The van der Waals surface area contributed by atoms with Crippen molar-refractivity contribution in [3.8, 4) is 0 Å². The van der Waals surface area contributed by atoms with Crippen LogP contribution in [0.1, 0.15) is 17.0 Å². The molecule has 2 heterocycles. The molecule has 0 saturated carbocycles. The highest BCUT2D eigenvalue weighted by atomic mass is 127. The number of hydrogen-bond donors (Lipinski definition) is 2. The number of hydrogen-bond acceptors (Lipinski definition) is 3. The molecule has 0 spiro atoms. The lowest BCUT2D eigenvalue weighted by atomic mass is 10.2. The maximum Gasteiger partial charge on any atom is 0.191 e. The van der Waals surface area contributed by atoms with Crippen LogP contribution in [0.2, 0.25) is 0 Å². The third-order valence-corrected chi connectivity index (χ3v) is 4.10. The second-order valence-electron chi connectivity index (χ2n) is 6.03. The SMILES string of the molecule is Cn1nccc1CCNC(=NCc1ccccc1)NCCc1ccco1.I. The molecule has 0 aliphatic rings. The van der Waals surface area contributed by atoms with Crippen molar-refractivity contribution < 1.29 is 4.42 Å². The number of benzene rings is 1. The molecule has 1 aromatic carbocycles. The molecular weight excluding hydrogens is 453 g/mol. The van der Waals surface area contributed by atoms with E-state index in [0.717, 1.165) is 37.7 Å². The highest BCUT2D eigenvalue weighted by Gasteiger charge is 2.03. The van der Waals surface area contributed by atoms with Crippen molar-refractivity contribution in [2.24, 2.45) is 12.0 Å². The Bertz CT molecular complexity index is 799. The Labute approximate surface area is 177 Å². The van der Waals surface area contributed by atoms with Crippen molar-refractivity contribution >= 4 is 29.9 Å². The minimum atomic E-state index is 0. The van der Waals surface area contributed by atoms with Gasteiger partial charge in [0.25, 0.3) is 0 Å². The third-order valence-electron chi connectivity index (χ3n) is 4.10. The van der Waals surface area contributed by atoms with Crippen molar-refractivity contribution in [2.45, 2.75) is 19.4 Å². The number of aliphatic imine (C=N–C) groups is 1. The van der Waals surface area contributed by atoms with E-state index in [1.807, 2.05) is 54.3 Å². The van der Waals surface area contributed by atoms with Crippen LogP contribution >= 0.6 is 24.0 Å². The number of furan rings is 1. The topological polar surface area (TPSA) is 67.4 Å². The van der Waals surface area contributed by atoms with Crippen LogP contribution in [0.25, 0.3) is 0 Å². The number of nitrogens with one attached hydrogen (secondary N) is 2. The van der Waals surface area contributed by atoms with E-state index in [-0.39, 0.29) is 24.0 Å². The third kappa shape index (κ3) is 7.09. The molecule has 27 heavy (non-hydrogen) atoms. The van der Waals surface area contributed by atoms with Crippen LogP contribution in [-0.4, -0.2) is 28.8 Å². The summed E-state index contributed by atoms with van der Waals surface area (Å²) >= 11 is 0. The first-order chi connectivity index (χ1) is 12.8. The molecule has 3 rings (SSSR count). The minimum Gasteiger partial charge on any atom is -0.469 e. The van der Waals surface area contributed by atoms with E-state index in [1.54, 1.807) is 6.26 Å². The van der Waals surface area contributed by atoms with Gasteiger partial charge in [-0.3, -0.25) is 4.68 Å². The van der Waals surface area contributed by atoms with Gasteiger partial charge in [0.15, 0.2) is 5.96 Å². The zero-order valence-corrected chi connectivity index (χ0v) is 17.8. The van der Waals surface area contributed by atoms with Crippen LogP contribution in [0.3, 0.4) is 0 Å². The standard InChI is InChI=1S/C20H25N5O.HI/c1-25-18(10-14-24-25)9-12-21-20(22-13-11-19-8-5-15-26-19)23-16-17-6-3-2-4-7-17;/h2-8,10,14-15H,9,11-13,16H2,1H3,(H2,21,22,23);1H. The first-order valence-corrected chi connectivity index (χ1v) is 8.86. The molecule has 0 amide bonds. The van der Waals surface area contributed by atoms with E-state index in [2.05, 4.69) is 27.9 Å². The first-order valence-electron chi connectivity index (χ1n) is 8.86. The van der Waals surface area contributed by atoms with Gasteiger partial charge in [-0.05, 0) is 23.8 Å². The lowest BCUT2D eigenvalue weighted by Gasteiger charge is -2.12. The van der Waals surface area contributed by atoms with Crippen LogP contribution in [0, 0.1) is 0 Å². The monoisotopic (exact) mass is 479 g/mol. The zero-order chi connectivity index (χ0) is 18.0. The highest BCUT2D eigenvalue weighted by molar-refractivity contribution is 14.0. The minimum absolute atomic E-state index is 0. The fraction of sp³-hybridized carbons (Fsp3) is 0.300. The van der Waals surface area contributed by atoms with Gasteiger partial charge in [0.1, 0.15) is 5.76 Å². The molecule has 6 nitrogen and oxygen atoms in total. The molecule has 0 aliphatic heterocycles. The molecule has 0 atom stereocenters. The molecule has 0 unspecified atom stereocenters. The average Bonchev–Trinajstić information content (AvgIpc) is 3.32. The Kier molecular flexibility index (Phi) is 8.90. The van der Waals surface area contributed by atoms with Gasteiger partial charge in [-0.25, -0.2) is 4.99 Å². The van der Waals surface area contributed by atoms with Gasteiger partial charge in [-0.15, -0.1) is 24.0 Å². The average molecular weight is 479 g/mol. The summed E-state index contributed by atoms with van der Waals surface area (Å²) in [7, 11) is 1.96. The quantitative estimate of drug-likeness (QED) is 0.296. The molecule has 0 fully saturated rings. The Hall–Kier alpha value is -2.29. The van der Waals surface area contributed by atoms with Crippen molar-refractivity contribution in [1.29, 1.82) is 0 Å². The summed E-state index contributed by atoms with van der Waals surface area (Å²) in [5.41, 5.74) is 2.38. The van der Waals surface area contributed by atoms with Gasteiger partial charge in [-0.1, -0.05) is 30.3 Å². The molecule has 2 aromatic heterocycles. The van der Waals surface area contributed by atoms with Crippen LogP contribution in [0.4, 0.5) is 0 Å². The van der Waals surface area contributed by atoms with E-state index < -0.39 is 0 Å². The first kappa shape index (κ1) is 21.0. The van der Waals surface area contributed by atoms with Crippen LogP contribution in [0.15, 0.2) is 70.4 Å². The van der Waals surface area contributed by atoms with E-state index in [4.69, 9.17) is 9.41 Å². The lowest BCUT2D eigenvalue weighted by molar-refractivity contribution is 0.506. The molecular formula is C20H26IN5O. The van der Waals surface area contributed by atoms with Gasteiger partial charge >= 0.3 is 0 Å². The Morgan fingerprint density at radius 3 is 2.48 bits per heavy atom. The summed E-state index contributed by atoms with van der Waals surface area (Å²) in [4.78, 5) is 4.70. The highest BCUT2D eigenvalue weighted by Crippen LogP contribution is 2.01. The van der Waals surface area contributed by atoms with Crippen molar-refractivity contribution in [3.63, 3.8) is 0 Å². The van der Waals surface area contributed by atoms with E-state index in [1.165, 1.54) is 11.3 Å². The number of rotatable bonds is 8. The number of guanidine groups is 1. The van der Waals surface area contributed by atoms with Gasteiger partial charge in [0.05, 0.1) is 12.8 Å². The van der Waals surface area contributed by atoms with Gasteiger partial charge < -0.3 is 15.1 Å². The molecule has 0 radical (unpaired) electrons. The molecule has 0 bridgehead atoms. The van der Waals surface area contributed by atoms with E-state index in [0.29, 0.717) is 6.54 Å². The maximum atomic E-state index is 5.38. The van der Waals surface area contributed by atoms with Crippen LogP contribution < -0.4 is 10.6 Å². The molecule has 0 aliphatic carbocycles. The molecule has 2 N–H and O–H groups in total. The Morgan fingerprint density at radius 1 is 1.04 bits per heavy atom. The summed E-state index contributed by atoms with van der Waals surface area (Å²) in [6.07, 6.45) is 5.23. The normalized spacial score (nSPS) is 11.1. The molecule has 0 saturated heterocycles. The van der Waals surface area contributed by atoms with E-state index >= 15 is 0 Å². The molecule has 7 heteroatoms. The second-order valence-corrected chi connectivity index (χ2v) is 6.03. The summed E-state index contributed by atoms with van der Waals surface area (Å²) < 4.78 is 7.27. The van der Waals surface area contributed by atoms with Crippen LogP contribution in [0.5, 0.6) is 0 Å². The summed E-state index contributed by atoms with van der Waals surface area (Å²) in [6, 6.07) is 16.2. The number of nitrogens with zero attached hydrogens (tertiary/aromatic N) is 3. The van der Waals surface area contributed by atoms with Crippen molar-refractivity contribution in [1.82, 2.24) is 20.4 Å². The predicted octanol–water partition coefficient (Wildman–Crippen LogP) is 3.15. The summed E-state index contributed by atoms with van der Waals surface area (Å²) in [6.45, 7) is 2.20. The lowest BCUT2D eigenvalue weighted by Crippen LogP contribution is -2.39.